The molecule has 3 rings (SSSR count). The SMILES string of the molecule is CC1CCC(C)N(Cc2nc3cc(N)ccc3o2)C1. The molecule has 0 saturated carbocycles. The summed E-state index contributed by atoms with van der Waals surface area (Å²) in [5.41, 5.74) is 8.17. The van der Waals surface area contributed by atoms with E-state index in [2.05, 4.69) is 23.7 Å². The molecule has 2 aromatic rings. The lowest BCUT2D eigenvalue weighted by molar-refractivity contribution is 0.107. The van der Waals surface area contributed by atoms with Gasteiger partial charge in [-0.25, -0.2) is 4.98 Å². The molecule has 19 heavy (non-hydrogen) atoms. The van der Waals surface area contributed by atoms with Crippen molar-refractivity contribution in [2.45, 2.75) is 39.3 Å². The van der Waals surface area contributed by atoms with Gasteiger partial charge < -0.3 is 10.2 Å². The molecule has 2 unspecified atom stereocenters. The molecule has 1 aromatic carbocycles. The number of nitrogens with two attached hydrogens (primary N) is 1. The van der Waals surface area contributed by atoms with E-state index in [1.54, 1.807) is 0 Å². The second-order valence-corrected chi connectivity index (χ2v) is 5.80. The number of piperidine rings is 1. The molecule has 1 aliphatic rings. The number of hydrogen-bond donors (Lipinski definition) is 1. The van der Waals surface area contributed by atoms with Crippen LogP contribution in [0.1, 0.15) is 32.6 Å². The first-order valence-corrected chi connectivity index (χ1v) is 7.01. The number of fused-ring (bicyclic) bond motifs is 1. The average Bonchev–Trinajstić information content (AvgIpc) is 2.75. The maximum Gasteiger partial charge on any atom is 0.209 e. The zero-order valence-electron chi connectivity index (χ0n) is 11.6. The summed E-state index contributed by atoms with van der Waals surface area (Å²) in [6.45, 7) is 6.51. The zero-order chi connectivity index (χ0) is 13.4. The van der Waals surface area contributed by atoms with Crippen molar-refractivity contribution in [2.24, 2.45) is 5.92 Å². The second kappa shape index (κ2) is 4.85. The summed E-state index contributed by atoms with van der Waals surface area (Å²) in [6, 6.07) is 6.22. The first-order valence-electron chi connectivity index (χ1n) is 7.01. The fraction of sp³-hybridized carbons (Fsp3) is 0.533. The molecule has 2 heterocycles. The minimum absolute atomic E-state index is 0.608. The number of likely N-dealkylation sites (tertiary alicyclic amines) is 1. The van der Waals surface area contributed by atoms with E-state index in [1.807, 2.05) is 18.2 Å². The third kappa shape index (κ3) is 2.59. The molecule has 2 N–H and O–H groups in total. The molecule has 0 bridgehead atoms. The Morgan fingerprint density at radius 1 is 1.37 bits per heavy atom. The first kappa shape index (κ1) is 12.5. The molecule has 4 nitrogen and oxygen atoms in total. The number of nitrogens with zero attached hydrogens (tertiary/aromatic N) is 2. The van der Waals surface area contributed by atoms with Gasteiger partial charge in [-0.2, -0.15) is 0 Å². The molecule has 1 fully saturated rings. The molecule has 0 radical (unpaired) electrons. The minimum atomic E-state index is 0.608. The highest BCUT2D eigenvalue weighted by Gasteiger charge is 2.24. The first-order chi connectivity index (χ1) is 9.11. The van der Waals surface area contributed by atoms with Crippen molar-refractivity contribution in [2.75, 3.05) is 12.3 Å². The van der Waals surface area contributed by atoms with Crippen LogP contribution in [0.4, 0.5) is 5.69 Å². The minimum Gasteiger partial charge on any atom is -0.439 e. The van der Waals surface area contributed by atoms with Crippen LogP contribution in [0, 0.1) is 5.92 Å². The molecule has 0 amide bonds. The van der Waals surface area contributed by atoms with Crippen molar-refractivity contribution in [1.82, 2.24) is 9.88 Å². The van der Waals surface area contributed by atoms with Crippen LogP contribution in [0.15, 0.2) is 22.6 Å². The molecular formula is C15H21N3O. The average molecular weight is 259 g/mol. The smallest absolute Gasteiger partial charge is 0.209 e. The van der Waals surface area contributed by atoms with Gasteiger partial charge in [-0.1, -0.05) is 6.92 Å². The van der Waals surface area contributed by atoms with Gasteiger partial charge in [0.25, 0.3) is 0 Å². The summed E-state index contributed by atoms with van der Waals surface area (Å²) < 4.78 is 5.80. The largest absolute Gasteiger partial charge is 0.439 e. The molecular weight excluding hydrogens is 238 g/mol. The standard InChI is InChI=1S/C15H21N3O/c1-10-3-4-11(2)18(8-10)9-15-17-13-7-12(16)5-6-14(13)19-15/h5-7,10-11H,3-4,8-9,16H2,1-2H3. The summed E-state index contributed by atoms with van der Waals surface area (Å²) in [7, 11) is 0. The maximum absolute atomic E-state index is 5.80. The Hall–Kier alpha value is -1.55. The molecule has 0 aliphatic carbocycles. The lowest BCUT2D eigenvalue weighted by Crippen LogP contribution is -2.40. The number of hydrogen-bond acceptors (Lipinski definition) is 4. The second-order valence-electron chi connectivity index (χ2n) is 5.80. The van der Waals surface area contributed by atoms with E-state index in [1.165, 1.54) is 12.8 Å². The lowest BCUT2D eigenvalue weighted by atomic mass is 9.95. The fourth-order valence-electron chi connectivity index (χ4n) is 2.83. The van der Waals surface area contributed by atoms with E-state index in [4.69, 9.17) is 10.2 Å². The molecule has 102 valence electrons. The number of anilines is 1. The van der Waals surface area contributed by atoms with Crippen LogP contribution in [0.3, 0.4) is 0 Å². The Balaban J connectivity index is 1.80. The predicted molar refractivity (Wildman–Crippen MR) is 76.7 cm³/mol. The van der Waals surface area contributed by atoms with Crippen molar-refractivity contribution in [3.05, 3.63) is 24.1 Å². The van der Waals surface area contributed by atoms with E-state index in [9.17, 15) is 0 Å². The van der Waals surface area contributed by atoms with Crippen LogP contribution in [-0.4, -0.2) is 22.5 Å². The highest BCUT2D eigenvalue weighted by molar-refractivity contribution is 5.76. The number of aromatic nitrogens is 1. The van der Waals surface area contributed by atoms with Gasteiger partial charge in [-0.15, -0.1) is 0 Å². The van der Waals surface area contributed by atoms with E-state index in [0.29, 0.717) is 6.04 Å². The number of rotatable bonds is 2. The topological polar surface area (TPSA) is 55.3 Å². The quantitative estimate of drug-likeness (QED) is 0.842. The van der Waals surface area contributed by atoms with Crippen molar-refractivity contribution in [3.63, 3.8) is 0 Å². The van der Waals surface area contributed by atoms with Gasteiger partial charge in [-0.3, -0.25) is 4.90 Å². The third-order valence-electron chi connectivity index (χ3n) is 4.04. The van der Waals surface area contributed by atoms with Crippen LogP contribution in [-0.2, 0) is 6.54 Å². The third-order valence-corrected chi connectivity index (χ3v) is 4.04. The van der Waals surface area contributed by atoms with E-state index in [-0.39, 0.29) is 0 Å². The van der Waals surface area contributed by atoms with Gasteiger partial charge in [0.05, 0.1) is 6.54 Å². The summed E-state index contributed by atoms with van der Waals surface area (Å²) in [5, 5.41) is 0. The number of oxazole rings is 1. The van der Waals surface area contributed by atoms with Crippen molar-refractivity contribution in [3.8, 4) is 0 Å². The summed E-state index contributed by atoms with van der Waals surface area (Å²) in [4.78, 5) is 7.00. The monoisotopic (exact) mass is 259 g/mol. The molecule has 4 heteroatoms. The van der Waals surface area contributed by atoms with Gasteiger partial charge in [0.2, 0.25) is 5.89 Å². The van der Waals surface area contributed by atoms with Crippen LogP contribution >= 0.6 is 0 Å². The van der Waals surface area contributed by atoms with Crippen molar-refractivity contribution < 1.29 is 4.42 Å². The molecule has 2 atom stereocenters. The highest BCUT2D eigenvalue weighted by Crippen LogP contribution is 2.25. The van der Waals surface area contributed by atoms with E-state index >= 15 is 0 Å². The summed E-state index contributed by atoms with van der Waals surface area (Å²) >= 11 is 0. The van der Waals surface area contributed by atoms with Gasteiger partial charge in [0, 0.05) is 18.3 Å². The number of nitrogen functional groups attached to an aromatic ring is 1. The molecule has 1 saturated heterocycles. The Morgan fingerprint density at radius 2 is 2.21 bits per heavy atom. The zero-order valence-corrected chi connectivity index (χ0v) is 11.6. The van der Waals surface area contributed by atoms with Crippen LogP contribution in [0.25, 0.3) is 11.1 Å². The molecule has 1 aliphatic heterocycles. The lowest BCUT2D eigenvalue weighted by Gasteiger charge is -2.35. The Bertz CT molecular complexity index is 578. The van der Waals surface area contributed by atoms with Crippen LogP contribution < -0.4 is 5.73 Å². The van der Waals surface area contributed by atoms with E-state index in [0.717, 1.165) is 41.7 Å². The molecule has 0 spiro atoms. The van der Waals surface area contributed by atoms with E-state index < -0.39 is 0 Å². The van der Waals surface area contributed by atoms with Crippen LogP contribution in [0.5, 0.6) is 0 Å². The van der Waals surface area contributed by atoms with Crippen molar-refractivity contribution >= 4 is 16.8 Å². The normalized spacial score (nSPS) is 24.9. The number of benzene rings is 1. The van der Waals surface area contributed by atoms with Gasteiger partial charge >= 0.3 is 0 Å². The van der Waals surface area contributed by atoms with Crippen LogP contribution in [0.2, 0.25) is 0 Å². The predicted octanol–water partition coefficient (Wildman–Crippen LogP) is 3.03. The van der Waals surface area contributed by atoms with Crippen molar-refractivity contribution in [1.29, 1.82) is 0 Å². The molecule has 1 aromatic heterocycles. The van der Waals surface area contributed by atoms with Gasteiger partial charge in [-0.05, 0) is 43.9 Å². The Labute approximate surface area is 113 Å². The van der Waals surface area contributed by atoms with Gasteiger partial charge in [0.15, 0.2) is 5.58 Å². The Morgan fingerprint density at radius 3 is 3.05 bits per heavy atom. The Kier molecular flexibility index (Phi) is 3.19. The summed E-state index contributed by atoms with van der Waals surface area (Å²) in [6.07, 6.45) is 2.58. The van der Waals surface area contributed by atoms with Gasteiger partial charge in [0.1, 0.15) is 5.52 Å². The fourth-order valence-corrected chi connectivity index (χ4v) is 2.83. The summed E-state index contributed by atoms with van der Waals surface area (Å²) in [5.74, 6) is 1.55. The maximum atomic E-state index is 5.80. The highest BCUT2D eigenvalue weighted by atomic mass is 16.3.